The van der Waals surface area contributed by atoms with Crippen molar-refractivity contribution < 1.29 is 8.42 Å². The number of nitrogens with zero attached hydrogens (tertiary/aromatic N) is 3. The molecule has 25 heavy (non-hydrogen) atoms. The lowest BCUT2D eigenvalue weighted by Crippen LogP contribution is -2.41. The molecule has 2 heterocycles. The summed E-state index contributed by atoms with van der Waals surface area (Å²) >= 11 is 0. The summed E-state index contributed by atoms with van der Waals surface area (Å²) in [5, 5.41) is 0. The summed E-state index contributed by atoms with van der Waals surface area (Å²) in [6.07, 6.45) is 1.23. The lowest BCUT2D eigenvalue weighted by atomic mass is 9.92. The number of rotatable bonds is 5. The molecule has 1 N–H and O–H groups in total. The Morgan fingerprint density at radius 2 is 1.84 bits per heavy atom. The molecule has 1 aliphatic heterocycles. The van der Waals surface area contributed by atoms with Crippen LogP contribution >= 0.6 is 0 Å². The summed E-state index contributed by atoms with van der Waals surface area (Å²) in [4.78, 5) is 11.7. The summed E-state index contributed by atoms with van der Waals surface area (Å²) in [6.45, 7) is 8.52. The van der Waals surface area contributed by atoms with Crippen LogP contribution in [0.3, 0.4) is 0 Å². The summed E-state index contributed by atoms with van der Waals surface area (Å²) in [7, 11) is -3.21. The molecule has 1 fully saturated rings. The highest BCUT2D eigenvalue weighted by molar-refractivity contribution is 7.88. The fourth-order valence-electron chi connectivity index (χ4n) is 3.60. The number of hydrogen-bond acceptors (Lipinski definition) is 5. The quantitative estimate of drug-likeness (QED) is 0.880. The van der Waals surface area contributed by atoms with Gasteiger partial charge in [0.2, 0.25) is 10.0 Å². The van der Waals surface area contributed by atoms with Crippen molar-refractivity contribution in [2.75, 3.05) is 19.3 Å². The molecule has 0 aliphatic carbocycles. The number of hydrogen-bond donors (Lipinski definition) is 1. The molecule has 0 amide bonds. The maximum atomic E-state index is 11.7. The maximum absolute atomic E-state index is 11.7. The number of aromatic nitrogens is 2. The molecule has 136 valence electrons. The first kappa shape index (κ1) is 18.2. The lowest BCUT2D eigenvalue weighted by Gasteiger charge is -2.21. The number of fused-ring (bicyclic) bond motifs is 1. The standard InChI is InChI=1S/C18H26N4O2S/c1-12(2)14-9-22(11-18(14)21-25(4,23)24)10-17-13(3)19-15-7-5-6-8-16(15)20-17/h5-8,12,14,18,21H,9-11H2,1-4H3/t14-,18+/m1/s1. The molecule has 0 radical (unpaired) electrons. The van der Waals surface area contributed by atoms with E-state index >= 15 is 0 Å². The third-order valence-corrected chi connectivity index (χ3v) is 5.61. The van der Waals surface area contributed by atoms with E-state index in [9.17, 15) is 8.42 Å². The van der Waals surface area contributed by atoms with Gasteiger partial charge in [-0.1, -0.05) is 26.0 Å². The fourth-order valence-corrected chi connectivity index (χ4v) is 4.40. The van der Waals surface area contributed by atoms with Crippen LogP contribution in [0.1, 0.15) is 25.2 Å². The normalized spacial score (nSPS) is 22.1. The molecule has 0 saturated carbocycles. The number of sulfonamides is 1. The monoisotopic (exact) mass is 362 g/mol. The van der Waals surface area contributed by atoms with Gasteiger partial charge in [-0.25, -0.2) is 23.1 Å². The van der Waals surface area contributed by atoms with Gasteiger partial charge >= 0.3 is 0 Å². The van der Waals surface area contributed by atoms with E-state index in [0.29, 0.717) is 24.9 Å². The van der Waals surface area contributed by atoms with E-state index in [4.69, 9.17) is 4.98 Å². The molecule has 0 spiro atoms. The van der Waals surface area contributed by atoms with Crippen molar-refractivity contribution in [1.29, 1.82) is 0 Å². The van der Waals surface area contributed by atoms with Crippen LogP contribution in [0.2, 0.25) is 0 Å². The zero-order valence-electron chi connectivity index (χ0n) is 15.2. The molecule has 0 bridgehead atoms. The van der Waals surface area contributed by atoms with E-state index in [1.807, 2.05) is 31.2 Å². The molecular formula is C18H26N4O2S. The van der Waals surface area contributed by atoms with E-state index in [1.54, 1.807) is 0 Å². The Morgan fingerprint density at radius 1 is 1.20 bits per heavy atom. The summed E-state index contributed by atoms with van der Waals surface area (Å²) in [6, 6.07) is 7.82. The van der Waals surface area contributed by atoms with Crippen molar-refractivity contribution in [2.45, 2.75) is 33.4 Å². The Bertz CT molecular complexity index is 867. The lowest BCUT2D eigenvalue weighted by molar-refractivity contribution is 0.292. The molecule has 3 rings (SSSR count). The average molecular weight is 362 g/mol. The van der Waals surface area contributed by atoms with Crippen LogP contribution < -0.4 is 4.72 Å². The van der Waals surface area contributed by atoms with Crippen LogP contribution in [0.15, 0.2) is 24.3 Å². The van der Waals surface area contributed by atoms with E-state index < -0.39 is 10.0 Å². The van der Waals surface area contributed by atoms with Crippen molar-refractivity contribution in [2.24, 2.45) is 11.8 Å². The van der Waals surface area contributed by atoms with Crippen molar-refractivity contribution >= 4 is 21.1 Å². The van der Waals surface area contributed by atoms with Crippen LogP contribution in [0, 0.1) is 18.8 Å². The Labute approximate surface area is 149 Å². The number of likely N-dealkylation sites (tertiary alicyclic amines) is 1. The Balaban J connectivity index is 1.80. The molecule has 2 atom stereocenters. The van der Waals surface area contributed by atoms with Crippen LogP contribution in [-0.2, 0) is 16.6 Å². The highest BCUT2D eigenvalue weighted by atomic mass is 32.2. The Morgan fingerprint density at radius 3 is 2.44 bits per heavy atom. The number of nitrogens with one attached hydrogen (secondary N) is 1. The first-order chi connectivity index (χ1) is 11.7. The first-order valence-corrected chi connectivity index (χ1v) is 10.5. The molecule has 1 aliphatic rings. The predicted molar refractivity (Wildman–Crippen MR) is 99.6 cm³/mol. The smallest absolute Gasteiger partial charge is 0.209 e. The summed E-state index contributed by atoms with van der Waals surface area (Å²) in [5.74, 6) is 0.705. The van der Waals surface area contributed by atoms with Crippen molar-refractivity contribution in [3.8, 4) is 0 Å². The maximum Gasteiger partial charge on any atom is 0.209 e. The van der Waals surface area contributed by atoms with Crippen molar-refractivity contribution in [3.05, 3.63) is 35.7 Å². The van der Waals surface area contributed by atoms with Gasteiger partial charge < -0.3 is 0 Å². The van der Waals surface area contributed by atoms with Gasteiger partial charge in [0.05, 0.1) is 28.7 Å². The highest BCUT2D eigenvalue weighted by Gasteiger charge is 2.36. The van der Waals surface area contributed by atoms with Crippen LogP contribution in [0.25, 0.3) is 11.0 Å². The summed E-state index contributed by atoms with van der Waals surface area (Å²) in [5.41, 5.74) is 3.69. The molecule has 7 heteroatoms. The van der Waals surface area contributed by atoms with Crippen LogP contribution in [0.4, 0.5) is 0 Å². The Kier molecular flexibility index (Phi) is 5.09. The van der Waals surface area contributed by atoms with Gasteiger partial charge in [0.15, 0.2) is 0 Å². The van der Waals surface area contributed by atoms with Gasteiger partial charge in [-0.05, 0) is 30.9 Å². The zero-order valence-corrected chi connectivity index (χ0v) is 16.0. The second kappa shape index (κ2) is 6.97. The molecule has 1 saturated heterocycles. The van der Waals surface area contributed by atoms with Gasteiger partial charge in [0.25, 0.3) is 0 Å². The van der Waals surface area contributed by atoms with Crippen molar-refractivity contribution in [3.63, 3.8) is 0 Å². The van der Waals surface area contributed by atoms with Gasteiger partial charge in [0, 0.05) is 25.7 Å². The van der Waals surface area contributed by atoms with Crippen LogP contribution in [0.5, 0.6) is 0 Å². The number of para-hydroxylation sites is 2. The molecular weight excluding hydrogens is 336 g/mol. The van der Waals surface area contributed by atoms with E-state index in [2.05, 4.69) is 28.5 Å². The summed E-state index contributed by atoms with van der Waals surface area (Å²) < 4.78 is 26.1. The number of aryl methyl sites for hydroxylation is 1. The zero-order chi connectivity index (χ0) is 18.2. The van der Waals surface area contributed by atoms with Gasteiger partial charge in [-0.2, -0.15) is 0 Å². The van der Waals surface area contributed by atoms with E-state index in [1.165, 1.54) is 6.26 Å². The fraction of sp³-hybridized carbons (Fsp3) is 0.556. The highest BCUT2D eigenvalue weighted by Crippen LogP contribution is 2.26. The molecule has 1 aromatic carbocycles. The van der Waals surface area contributed by atoms with Gasteiger partial charge in [-0.3, -0.25) is 4.90 Å². The minimum Gasteiger partial charge on any atom is -0.296 e. The van der Waals surface area contributed by atoms with Crippen molar-refractivity contribution in [1.82, 2.24) is 19.6 Å². The minimum atomic E-state index is -3.21. The SMILES string of the molecule is Cc1nc2ccccc2nc1CN1C[C@H](NS(C)(=O)=O)[C@@H](C(C)C)C1. The third kappa shape index (κ3) is 4.34. The molecule has 1 aromatic heterocycles. The molecule has 0 unspecified atom stereocenters. The number of benzene rings is 1. The molecule has 6 nitrogen and oxygen atoms in total. The third-order valence-electron chi connectivity index (χ3n) is 4.88. The van der Waals surface area contributed by atoms with Gasteiger partial charge in [-0.15, -0.1) is 0 Å². The topological polar surface area (TPSA) is 75.2 Å². The molecule has 2 aromatic rings. The predicted octanol–water partition coefficient (Wildman–Crippen LogP) is 1.94. The second-order valence-electron chi connectivity index (χ2n) is 7.34. The minimum absolute atomic E-state index is 0.0521. The van der Waals surface area contributed by atoms with E-state index in [-0.39, 0.29) is 6.04 Å². The largest absolute Gasteiger partial charge is 0.296 e. The Hall–Kier alpha value is -1.57. The second-order valence-corrected chi connectivity index (χ2v) is 9.12. The van der Waals surface area contributed by atoms with Crippen LogP contribution in [-0.4, -0.2) is 48.7 Å². The van der Waals surface area contributed by atoms with Gasteiger partial charge in [0.1, 0.15) is 0 Å². The van der Waals surface area contributed by atoms with E-state index in [0.717, 1.165) is 29.0 Å². The average Bonchev–Trinajstić information content (AvgIpc) is 2.88. The first-order valence-electron chi connectivity index (χ1n) is 8.65.